The third-order valence-electron chi connectivity index (χ3n) is 2.20. The van der Waals surface area contributed by atoms with Crippen LogP contribution < -0.4 is 0 Å². The molecule has 13 heavy (non-hydrogen) atoms. The number of rotatable bonds is 3. The molecule has 0 nitrogen and oxygen atoms in total. The number of aryl methyl sites for hydroxylation is 2. The minimum Gasteiger partial charge on any atom is -0.0628 e. The fraction of sp³-hybridized carbons (Fsp3) is 0.500. The molecule has 0 atom stereocenters. The van der Waals surface area contributed by atoms with Crippen molar-refractivity contribution in [2.24, 2.45) is 5.92 Å². The molecule has 1 aromatic rings. The zero-order chi connectivity index (χ0) is 9.84. The minimum absolute atomic E-state index is 0.785. The molecule has 0 aliphatic carbocycles. The Morgan fingerprint density at radius 3 is 2.54 bits per heavy atom. The van der Waals surface area contributed by atoms with E-state index in [1.54, 1.807) is 0 Å². The number of hydrogen-bond acceptors (Lipinski definition) is 0. The van der Waals surface area contributed by atoms with E-state index in [2.05, 4.69) is 54.9 Å². The summed E-state index contributed by atoms with van der Waals surface area (Å²) in [5, 5.41) is 0. The molecular weight excluding hydrogens is 224 g/mol. The van der Waals surface area contributed by atoms with Gasteiger partial charge in [0.05, 0.1) is 0 Å². The normalized spacial score (nSPS) is 10.8. The Kier molecular flexibility index (Phi) is 3.98. The van der Waals surface area contributed by atoms with Gasteiger partial charge in [0.25, 0.3) is 0 Å². The van der Waals surface area contributed by atoms with Crippen LogP contribution in [0.2, 0.25) is 0 Å². The van der Waals surface area contributed by atoms with Crippen LogP contribution in [0.4, 0.5) is 0 Å². The van der Waals surface area contributed by atoms with Crippen molar-refractivity contribution < 1.29 is 0 Å². The fourth-order valence-corrected chi connectivity index (χ4v) is 1.99. The summed E-state index contributed by atoms with van der Waals surface area (Å²) in [7, 11) is 0. The summed E-state index contributed by atoms with van der Waals surface area (Å²) in [6, 6.07) is 6.60. The van der Waals surface area contributed by atoms with Crippen molar-refractivity contribution in [3.63, 3.8) is 0 Å². The molecule has 0 fully saturated rings. The third-order valence-corrected chi connectivity index (χ3v) is 2.94. The summed E-state index contributed by atoms with van der Waals surface area (Å²) in [6.45, 7) is 6.65. The quantitative estimate of drug-likeness (QED) is 0.738. The van der Waals surface area contributed by atoms with E-state index >= 15 is 0 Å². The number of benzene rings is 1. The fourth-order valence-electron chi connectivity index (χ4n) is 1.30. The molecule has 0 saturated heterocycles. The van der Waals surface area contributed by atoms with Crippen LogP contribution in [0.15, 0.2) is 22.7 Å². The second kappa shape index (κ2) is 4.80. The van der Waals surface area contributed by atoms with Gasteiger partial charge in [0.15, 0.2) is 0 Å². The van der Waals surface area contributed by atoms with Gasteiger partial charge in [0.1, 0.15) is 0 Å². The van der Waals surface area contributed by atoms with Gasteiger partial charge in [-0.1, -0.05) is 41.9 Å². The summed E-state index contributed by atoms with van der Waals surface area (Å²) in [4.78, 5) is 0. The maximum Gasteiger partial charge on any atom is 0.0209 e. The maximum atomic E-state index is 3.60. The smallest absolute Gasteiger partial charge is 0.0209 e. The van der Waals surface area contributed by atoms with Crippen LogP contribution in [-0.2, 0) is 6.42 Å². The molecule has 0 aromatic heterocycles. The lowest BCUT2D eigenvalue weighted by atomic mass is 10.0. The lowest BCUT2D eigenvalue weighted by Crippen LogP contribution is -1.93. The monoisotopic (exact) mass is 240 g/mol. The van der Waals surface area contributed by atoms with Crippen molar-refractivity contribution in [1.29, 1.82) is 0 Å². The van der Waals surface area contributed by atoms with Gasteiger partial charge in [-0.25, -0.2) is 0 Å². The predicted molar refractivity (Wildman–Crippen MR) is 62.0 cm³/mol. The van der Waals surface area contributed by atoms with Crippen LogP contribution in [0, 0.1) is 12.8 Å². The molecule has 72 valence electrons. The summed E-state index contributed by atoms with van der Waals surface area (Å²) >= 11 is 3.60. The van der Waals surface area contributed by atoms with Gasteiger partial charge in [-0.05, 0) is 42.9 Å². The second-order valence-corrected chi connectivity index (χ2v) is 4.88. The molecule has 0 aliphatic rings. The summed E-state index contributed by atoms with van der Waals surface area (Å²) < 4.78 is 1.26. The van der Waals surface area contributed by atoms with Gasteiger partial charge >= 0.3 is 0 Å². The molecule has 1 heteroatoms. The Bertz CT molecular complexity index is 276. The average molecular weight is 241 g/mol. The van der Waals surface area contributed by atoms with E-state index in [0.29, 0.717) is 0 Å². The van der Waals surface area contributed by atoms with Crippen molar-refractivity contribution in [2.75, 3.05) is 0 Å². The van der Waals surface area contributed by atoms with E-state index in [1.165, 1.54) is 28.4 Å². The van der Waals surface area contributed by atoms with Crippen molar-refractivity contribution in [3.05, 3.63) is 33.8 Å². The maximum absolute atomic E-state index is 3.60. The van der Waals surface area contributed by atoms with Crippen molar-refractivity contribution in [3.8, 4) is 0 Å². The van der Waals surface area contributed by atoms with E-state index in [4.69, 9.17) is 0 Å². The molecular formula is C12H17Br. The lowest BCUT2D eigenvalue weighted by Gasteiger charge is -2.07. The number of hydrogen-bond donors (Lipinski definition) is 0. The van der Waals surface area contributed by atoms with Gasteiger partial charge in [0.2, 0.25) is 0 Å². The Labute approximate surface area is 89.5 Å². The molecule has 0 saturated carbocycles. The van der Waals surface area contributed by atoms with Crippen LogP contribution in [-0.4, -0.2) is 0 Å². The predicted octanol–water partition coefficient (Wildman–Crippen LogP) is 4.35. The zero-order valence-electron chi connectivity index (χ0n) is 8.60. The summed E-state index contributed by atoms with van der Waals surface area (Å²) in [6.07, 6.45) is 2.44. The van der Waals surface area contributed by atoms with Crippen LogP contribution in [0.3, 0.4) is 0 Å². The molecule has 0 heterocycles. The summed E-state index contributed by atoms with van der Waals surface area (Å²) in [5.41, 5.74) is 2.75. The largest absolute Gasteiger partial charge is 0.0628 e. The molecule has 0 aliphatic heterocycles. The van der Waals surface area contributed by atoms with Gasteiger partial charge in [0, 0.05) is 4.47 Å². The first-order valence-corrected chi connectivity index (χ1v) is 5.64. The first-order chi connectivity index (χ1) is 6.09. The van der Waals surface area contributed by atoms with E-state index in [0.717, 1.165) is 5.92 Å². The van der Waals surface area contributed by atoms with Gasteiger partial charge < -0.3 is 0 Å². The Hall–Kier alpha value is -0.300. The molecule has 0 spiro atoms. The molecule has 0 amide bonds. The standard InChI is InChI=1S/C12H17Br/c1-9(2)4-6-11-7-5-10(3)8-12(11)13/h5,7-9H,4,6H2,1-3H3. The topological polar surface area (TPSA) is 0 Å². The first kappa shape index (κ1) is 10.8. The molecule has 1 rings (SSSR count). The summed E-state index contributed by atoms with van der Waals surface area (Å²) in [5.74, 6) is 0.785. The second-order valence-electron chi connectivity index (χ2n) is 4.03. The van der Waals surface area contributed by atoms with Gasteiger partial charge in [-0.15, -0.1) is 0 Å². The van der Waals surface area contributed by atoms with Crippen LogP contribution in [0.1, 0.15) is 31.4 Å². The molecule has 0 radical (unpaired) electrons. The Morgan fingerprint density at radius 1 is 1.31 bits per heavy atom. The SMILES string of the molecule is Cc1ccc(CCC(C)C)c(Br)c1. The zero-order valence-corrected chi connectivity index (χ0v) is 10.2. The lowest BCUT2D eigenvalue weighted by molar-refractivity contribution is 0.586. The third kappa shape index (κ3) is 3.51. The highest BCUT2D eigenvalue weighted by molar-refractivity contribution is 9.10. The highest BCUT2D eigenvalue weighted by Crippen LogP contribution is 2.20. The molecule has 1 aromatic carbocycles. The Balaban J connectivity index is 2.67. The van der Waals surface area contributed by atoms with E-state index < -0.39 is 0 Å². The van der Waals surface area contributed by atoms with Crippen molar-refractivity contribution in [1.82, 2.24) is 0 Å². The molecule has 0 N–H and O–H groups in total. The molecule has 0 bridgehead atoms. The van der Waals surface area contributed by atoms with Crippen molar-refractivity contribution >= 4 is 15.9 Å². The van der Waals surface area contributed by atoms with E-state index in [9.17, 15) is 0 Å². The first-order valence-electron chi connectivity index (χ1n) is 4.84. The Morgan fingerprint density at radius 2 is 2.00 bits per heavy atom. The average Bonchev–Trinajstić information content (AvgIpc) is 2.02. The van der Waals surface area contributed by atoms with Crippen molar-refractivity contribution in [2.45, 2.75) is 33.6 Å². The molecule has 0 unspecified atom stereocenters. The highest BCUT2D eigenvalue weighted by Gasteiger charge is 2.01. The van der Waals surface area contributed by atoms with E-state index in [1.807, 2.05) is 0 Å². The van der Waals surface area contributed by atoms with Crippen LogP contribution >= 0.6 is 15.9 Å². The van der Waals surface area contributed by atoms with Crippen LogP contribution in [0.25, 0.3) is 0 Å². The van der Waals surface area contributed by atoms with Crippen LogP contribution in [0.5, 0.6) is 0 Å². The van der Waals surface area contributed by atoms with Gasteiger partial charge in [-0.3, -0.25) is 0 Å². The van der Waals surface area contributed by atoms with E-state index in [-0.39, 0.29) is 0 Å². The highest BCUT2D eigenvalue weighted by atomic mass is 79.9. The number of halogens is 1. The minimum atomic E-state index is 0.785. The van der Waals surface area contributed by atoms with Gasteiger partial charge in [-0.2, -0.15) is 0 Å².